The summed E-state index contributed by atoms with van der Waals surface area (Å²) in [6.45, 7) is 3.34. The second-order valence-electron chi connectivity index (χ2n) is 8.79. The Hall–Kier alpha value is -2.45. The van der Waals surface area contributed by atoms with E-state index in [2.05, 4.69) is 0 Å². The molecule has 4 N–H and O–H groups in total. The minimum Gasteiger partial charge on any atom is -0.497 e. The van der Waals surface area contributed by atoms with E-state index in [4.69, 9.17) is 10.5 Å². The number of carbonyl (C=O) groups excluding carboxylic acids is 3. The summed E-state index contributed by atoms with van der Waals surface area (Å²) in [7, 11) is 1.56. The number of imide groups is 1. The van der Waals surface area contributed by atoms with Crippen LogP contribution in [0.2, 0.25) is 0 Å². The third-order valence-corrected chi connectivity index (χ3v) is 7.30. The number of amides is 3. The van der Waals surface area contributed by atoms with E-state index >= 15 is 0 Å². The van der Waals surface area contributed by atoms with Crippen LogP contribution in [0.4, 0.5) is 5.69 Å². The molecule has 1 aromatic rings. The molecule has 4 rings (SSSR count). The smallest absolute Gasteiger partial charge is 0.292 e. The number of nitrogens with zero attached hydrogens (tertiary/aromatic N) is 1. The highest BCUT2D eigenvalue weighted by Gasteiger charge is 2.54. The number of rotatable bonds is 5. The van der Waals surface area contributed by atoms with Crippen LogP contribution in [0.15, 0.2) is 24.3 Å². The van der Waals surface area contributed by atoms with Crippen LogP contribution in [0.3, 0.4) is 0 Å². The Morgan fingerprint density at radius 2 is 1.83 bits per heavy atom. The van der Waals surface area contributed by atoms with Crippen LogP contribution in [0.1, 0.15) is 38.5 Å². The fraction of sp³-hybridized carbons (Fsp3) is 0.591. The van der Waals surface area contributed by atoms with E-state index in [0.717, 1.165) is 30.8 Å². The number of likely N-dealkylation sites (tertiary alicyclic amines) is 2. The lowest BCUT2D eigenvalue weighted by Crippen LogP contribution is -3.27. The van der Waals surface area contributed by atoms with Crippen molar-refractivity contribution in [3.8, 4) is 5.75 Å². The van der Waals surface area contributed by atoms with Crippen LogP contribution in [-0.2, 0) is 14.4 Å². The number of primary amides is 1. The van der Waals surface area contributed by atoms with Crippen molar-refractivity contribution in [2.24, 2.45) is 5.73 Å². The molecule has 1 atom stereocenters. The zero-order valence-corrected chi connectivity index (χ0v) is 17.6. The first-order chi connectivity index (χ1) is 14.5. The zero-order valence-electron chi connectivity index (χ0n) is 17.6. The predicted molar refractivity (Wildman–Crippen MR) is 110 cm³/mol. The molecule has 0 aliphatic carbocycles. The van der Waals surface area contributed by atoms with Crippen molar-refractivity contribution >= 4 is 23.4 Å². The summed E-state index contributed by atoms with van der Waals surface area (Å²) in [6, 6.07) is 6.63. The highest BCUT2D eigenvalue weighted by atomic mass is 16.5. The third-order valence-electron chi connectivity index (χ3n) is 7.30. The van der Waals surface area contributed by atoms with Gasteiger partial charge in [0.2, 0.25) is 5.91 Å². The third kappa shape index (κ3) is 3.58. The number of nitrogens with one attached hydrogen (secondary N) is 2. The van der Waals surface area contributed by atoms with Crippen LogP contribution in [0.5, 0.6) is 5.75 Å². The first-order valence-corrected chi connectivity index (χ1v) is 11.0. The summed E-state index contributed by atoms with van der Waals surface area (Å²) in [5.74, 6) is 0.0437. The first-order valence-electron chi connectivity index (χ1n) is 11.0. The summed E-state index contributed by atoms with van der Waals surface area (Å²) in [5.41, 5.74) is 5.92. The maximum absolute atomic E-state index is 13.2. The number of piperidine rings is 2. The van der Waals surface area contributed by atoms with Crippen molar-refractivity contribution < 1.29 is 28.9 Å². The topological polar surface area (TPSA) is 98.6 Å². The maximum atomic E-state index is 13.2. The van der Waals surface area contributed by atoms with E-state index in [0.29, 0.717) is 37.4 Å². The van der Waals surface area contributed by atoms with Crippen molar-refractivity contribution in [3.05, 3.63) is 24.3 Å². The molecule has 3 aliphatic heterocycles. The van der Waals surface area contributed by atoms with Gasteiger partial charge in [0.05, 0.1) is 58.2 Å². The summed E-state index contributed by atoms with van der Waals surface area (Å²) in [4.78, 5) is 42.0. The quantitative estimate of drug-likeness (QED) is 0.499. The Bertz CT molecular complexity index is 828. The normalized spacial score (nSPS) is 30.5. The van der Waals surface area contributed by atoms with Crippen molar-refractivity contribution in [2.45, 2.75) is 50.1 Å². The standard InChI is InChI=1S/C22H30N4O4/c1-30-17-7-5-6-16(14-17)26-19(27)15-18(20(26)28)24-12-8-22(9-13-24,21(23)29)25-10-3-2-4-11-25/h5-7,14,18H,2-4,8-13,15H2,1H3,(H2,23,29)/p+2/t18-/m0/s1. The minimum atomic E-state index is -0.526. The molecule has 30 heavy (non-hydrogen) atoms. The molecule has 3 heterocycles. The van der Waals surface area contributed by atoms with Crippen molar-refractivity contribution in [1.29, 1.82) is 0 Å². The molecule has 0 radical (unpaired) electrons. The van der Waals surface area contributed by atoms with E-state index in [1.165, 1.54) is 16.2 Å². The highest BCUT2D eigenvalue weighted by Crippen LogP contribution is 2.26. The van der Waals surface area contributed by atoms with E-state index < -0.39 is 11.6 Å². The molecular formula is C22H32N4O4+2. The molecule has 0 spiro atoms. The van der Waals surface area contributed by atoms with E-state index in [9.17, 15) is 14.4 Å². The molecule has 8 nitrogen and oxygen atoms in total. The Morgan fingerprint density at radius 3 is 2.47 bits per heavy atom. The highest BCUT2D eigenvalue weighted by molar-refractivity contribution is 6.21. The van der Waals surface area contributed by atoms with Gasteiger partial charge < -0.3 is 20.3 Å². The first kappa shape index (κ1) is 20.8. The number of benzene rings is 1. The van der Waals surface area contributed by atoms with E-state index in [1.54, 1.807) is 31.4 Å². The number of ether oxygens (including phenoxy) is 1. The molecule has 162 valence electrons. The average Bonchev–Trinajstić information content (AvgIpc) is 3.08. The summed E-state index contributed by atoms with van der Waals surface area (Å²) in [6.07, 6.45) is 5.02. The van der Waals surface area contributed by atoms with Gasteiger partial charge in [0.25, 0.3) is 11.8 Å². The fourth-order valence-electron chi connectivity index (χ4n) is 5.55. The molecule has 3 saturated heterocycles. The zero-order chi connectivity index (χ0) is 21.3. The molecule has 0 unspecified atom stereocenters. The Balaban J connectivity index is 1.47. The fourth-order valence-corrected chi connectivity index (χ4v) is 5.55. The van der Waals surface area contributed by atoms with Gasteiger partial charge in [-0.3, -0.25) is 14.4 Å². The SMILES string of the molecule is COc1cccc(N2C(=O)C[C@H]([NH+]3CCC(C(N)=O)([NH+]4CCCCC4)CC3)C2=O)c1. The van der Waals surface area contributed by atoms with Gasteiger partial charge in [0.1, 0.15) is 5.75 Å². The minimum absolute atomic E-state index is 0.167. The lowest BCUT2D eigenvalue weighted by atomic mass is 9.83. The number of nitrogens with two attached hydrogens (primary N) is 1. The van der Waals surface area contributed by atoms with Gasteiger partial charge in [-0.15, -0.1) is 0 Å². The largest absolute Gasteiger partial charge is 0.497 e. The number of quaternary nitrogens is 2. The number of hydrogen-bond donors (Lipinski definition) is 3. The lowest BCUT2D eigenvalue weighted by molar-refractivity contribution is -0.978. The van der Waals surface area contributed by atoms with Gasteiger partial charge in [-0.2, -0.15) is 0 Å². The molecule has 3 aliphatic rings. The maximum Gasteiger partial charge on any atom is 0.292 e. The molecule has 8 heteroatoms. The molecule has 0 bridgehead atoms. The second kappa shape index (κ2) is 8.35. The summed E-state index contributed by atoms with van der Waals surface area (Å²) in [5, 5.41) is 0. The number of anilines is 1. The van der Waals surface area contributed by atoms with Crippen molar-refractivity contribution in [1.82, 2.24) is 0 Å². The monoisotopic (exact) mass is 416 g/mol. The molecular weight excluding hydrogens is 384 g/mol. The Morgan fingerprint density at radius 1 is 1.13 bits per heavy atom. The molecule has 0 saturated carbocycles. The van der Waals surface area contributed by atoms with Crippen molar-refractivity contribution in [3.63, 3.8) is 0 Å². The van der Waals surface area contributed by atoms with Gasteiger partial charge in [-0.05, 0) is 31.4 Å². The summed E-state index contributed by atoms with van der Waals surface area (Å²) >= 11 is 0. The van der Waals surface area contributed by atoms with Gasteiger partial charge >= 0.3 is 0 Å². The molecule has 3 fully saturated rings. The second-order valence-corrected chi connectivity index (χ2v) is 8.79. The van der Waals surface area contributed by atoms with Crippen LogP contribution >= 0.6 is 0 Å². The molecule has 1 aromatic carbocycles. The number of hydrogen-bond acceptors (Lipinski definition) is 4. The van der Waals surface area contributed by atoms with Crippen LogP contribution in [0, 0.1) is 0 Å². The molecule has 0 aromatic heterocycles. The van der Waals surface area contributed by atoms with E-state index in [1.807, 2.05) is 0 Å². The van der Waals surface area contributed by atoms with Crippen LogP contribution in [-0.4, -0.2) is 62.6 Å². The van der Waals surface area contributed by atoms with Crippen molar-refractivity contribution in [2.75, 3.05) is 38.2 Å². The Kier molecular flexibility index (Phi) is 5.79. The number of carbonyl (C=O) groups is 3. The number of methoxy groups -OCH3 is 1. The van der Waals surface area contributed by atoms with Gasteiger partial charge in [0.15, 0.2) is 11.6 Å². The Labute approximate surface area is 176 Å². The lowest BCUT2D eigenvalue weighted by Gasteiger charge is -2.44. The summed E-state index contributed by atoms with van der Waals surface area (Å²) < 4.78 is 5.23. The van der Waals surface area contributed by atoms with Crippen LogP contribution < -0.4 is 25.2 Å². The van der Waals surface area contributed by atoms with E-state index in [-0.39, 0.29) is 24.1 Å². The van der Waals surface area contributed by atoms with Crippen LogP contribution in [0.25, 0.3) is 0 Å². The average molecular weight is 417 g/mol. The van der Waals surface area contributed by atoms with Gasteiger partial charge in [-0.25, -0.2) is 4.90 Å². The molecule has 3 amide bonds. The van der Waals surface area contributed by atoms with Gasteiger partial charge in [0, 0.05) is 6.07 Å². The predicted octanol–water partition coefficient (Wildman–Crippen LogP) is -1.70. The van der Waals surface area contributed by atoms with Gasteiger partial charge in [-0.1, -0.05) is 6.07 Å².